The summed E-state index contributed by atoms with van der Waals surface area (Å²) >= 11 is 0. The zero-order valence-electron chi connectivity index (χ0n) is 20.2. The highest BCUT2D eigenvalue weighted by Crippen LogP contribution is 2.53. The lowest BCUT2D eigenvalue weighted by Crippen LogP contribution is -2.00. The highest BCUT2D eigenvalue weighted by molar-refractivity contribution is 6.14. The molecule has 8 nitrogen and oxygen atoms in total. The molecule has 4 aromatic rings. The Bertz CT molecular complexity index is 1490. The number of phenols is 6. The van der Waals surface area contributed by atoms with E-state index < -0.39 is 23.0 Å². The fourth-order valence-corrected chi connectivity index (χ4v) is 5.03. The fourth-order valence-electron chi connectivity index (χ4n) is 5.03. The van der Waals surface area contributed by atoms with E-state index in [0.29, 0.717) is 47.3 Å². The second kappa shape index (κ2) is 8.64. The van der Waals surface area contributed by atoms with Crippen LogP contribution in [0.5, 0.6) is 34.5 Å². The van der Waals surface area contributed by atoms with E-state index in [1.807, 2.05) is 13.8 Å². The van der Waals surface area contributed by atoms with Gasteiger partial charge in [0, 0.05) is 33.0 Å². The van der Waals surface area contributed by atoms with Gasteiger partial charge in [-0.05, 0) is 60.7 Å². The molecule has 4 aromatic carbocycles. The average molecular weight is 491 g/mol. The molecule has 0 aliphatic rings. The molecule has 0 atom stereocenters. The largest absolute Gasteiger partial charge is 0.507 e. The molecule has 0 amide bonds. The number of aromatic hydroxyl groups is 6. The first-order chi connectivity index (χ1) is 17.0. The summed E-state index contributed by atoms with van der Waals surface area (Å²) in [6.45, 7) is 6.75. The van der Waals surface area contributed by atoms with Gasteiger partial charge in [-0.3, -0.25) is 9.59 Å². The van der Waals surface area contributed by atoms with Gasteiger partial charge in [0.2, 0.25) is 0 Å². The van der Waals surface area contributed by atoms with E-state index in [1.165, 1.54) is 0 Å². The standard InChI is InChI=1S/C28H26O8/c1-5-13-7-15-11(3)23(31)25(33)17(9-29)21(15)27(35)19(13)20-14(6-2)8-16-12(4)24(32)26(34)18(10-30)22(16)28(20)36/h7-10,31-36H,5-6H2,1-4H3. The third-order valence-electron chi connectivity index (χ3n) is 7.03. The van der Waals surface area contributed by atoms with E-state index in [2.05, 4.69) is 0 Å². The lowest BCUT2D eigenvalue weighted by molar-refractivity contribution is 0.111. The van der Waals surface area contributed by atoms with Crippen LogP contribution in [0.3, 0.4) is 0 Å². The van der Waals surface area contributed by atoms with E-state index in [0.717, 1.165) is 0 Å². The number of carbonyl (C=O) groups excluding carboxylic acids is 2. The smallest absolute Gasteiger partial charge is 0.169 e. The van der Waals surface area contributed by atoms with Crippen LogP contribution in [0.1, 0.15) is 56.8 Å². The molecule has 0 saturated carbocycles. The molecule has 0 bridgehead atoms. The Kier molecular flexibility index (Phi) is 5.92. The molecule has 4 rings (SSSR count). The summed E-state index contributed by atoms with van der Waals surface area (Å²) in [5.74, 6) is -3.05. The molecule has 0 spiro atoms. The number of aldehydes is 2. The second-order valence-electron chi connectivity index (χ2n) is 8.78. The highest BCUT2D eigenvalue weighted by Gasteiger charge is 2.28. The van der Waals surface area contributed by atoms with E-state index in [9.17, 15) is 40.2 Å². The van der Waals surface area contributed by atoms with E-state index in [1.54, 1.807) is 26.0 Å². The topological polar surface area (TPSA) is 156 Å². The average Bonchev–Trinajstić information content (AvgIpc) is 2.87. The van der Waals surface area contributed by atoms with E-state index in [4.69, 9.17) is 0 Å². The van der Waals surface area contributed by atoms with Crippen LogP contribution >= 0.6 is 0 Å². The van der Waals surface area contributed by atoms with Gasteiger partial charge < -0.3 is 30.6 Å². The number of aryl methyl sites for hydroxylation is 4. The van der Waals surface area contributed by atoms with Crippen molar-refractivity contribution in [1.29, 1.82) is 0 Å². The first-order valence-corrected chi connectivity index (χ1v) is 11.4. The maximum absolute atomic E-state index is 11.9. The number of benzene rings is 4. The Morgan fingerprint density at radius 1 is 0.583 bits per heavy atom. The van der Waals surface area contributed by atoms with Crippen molar-refractivity contribution in [1.82, 2.24) is 0 Å². The molecule has 0 aromatic heterocycles. The molecular formula is C28H26O8. The summed E-state index contributed by atoms with van der Waals surface area (Å²) in [6, 6.07) is 3.35. The van der Waals surface area contributed by atoms with Crippen LogP contribution < -0.4 is 0 Å². The number of hydrogen-bond donors (Lipinski definition) is 6. The van der Waals surface area contributed by atoms with Gasteiger partial charge in [0.25, 0.3) is 0 Å². The number of hydrogen-bond acceptors (Lipinski definition) is 8. The Hall–Kier alpha value is -4.46. The summed E-state index contributed by atoms with van der Waals surface area (Å²) in [5, 5.41) is 65.3. The van der Waals surface area contributed by atoms with Crippen LogP contribution in [0.2, 0.25) is 0 Å². The molecule has 186 valence electrons. The normalized spacial score (nSPS) is 11.3. The molecule has 0 aliphatic heterocycles. The van der Waals surface area contributed by atoms with E-state index >= 15 is 0 Å². The summed E-state index contributed by atoms with van der Waals surface area (Å²) in [5.41, 5.74) is 1.44. The zero-order valence-corrected chi connectivity index (χ0v) is 20.2. The molecule has 8 heteroatoms. The first kappa shape index (κ1) is 24.7. The van der Waals surface area contributed by atoms with Crippen LogP contribution in [0.25, 0.3) is 32.7 Å². The van der Waals surface area contributed by atoms with Crippen molar-refractivity contribution < 1.29 is 40.2 Å². The Morgan fingerprint density at radius 2 is 0.917 bits per heavy atom. The van der Waals surface area contributed by atoms with Crippen molar-refractivity contribution in [3.8, 4) is 45.6 Å². The Balaban J connectivity index is 2.31. The lowest BCUT2D eigenvalue weighted by Gasteiger charge is -2.22. The predicted octanol–water partition coefficient (Wildman–Crippen LogP) is 5.26. The third-order valence-corrected chi connectivity index (χ3v) is 7.03. The zero-order chi connectivity index (χ0) is 26.6. The summed E-state index contributed by atoms with van der Waals surface area (Å²) in [4.78, 5) is 23.8. The van der Waals surface area contributed by atoms with Crippen LogP contribution in [0.4, 0.5) is 0 Å². The minimum absolute atomic E-state index is 0.00638. The third kappa shape index (κ3) is 3.14. The van der Waals surface area contributed by atoms with Crippen molar-refractivity contribution in [3.05, 3.63) is 45.5 Å². The molecule has 0 fully saturated rings. The van der Waals surface area contributed by atoms with Crippen LogP contribution in [-0.4, -0.2) is 43.2 Å². The molecule has 0 aliphatic carbocycles. The highest BCUT2D eigenvalue weighted by atomic mass is 16.3. The van der Waals surface area contributed by atoms with Gasteiger partial charge in [-0.25, -0.2) is 0 Å². The van der Waals surface area contributed by atoms with Gasteiger partial charge in [-0.2, -0.15) is 0 Å². The minimum atomic E-state index is -0.668. The maximum atomic E-state index is 11.9. The van der Waals surface area contributed by atoms with Crippen LogP contribution in [0, 0.1) is 13.8 Å². The monoisotopic (exact) mass is 490 g/mol. The van der Waals surface area contributed by atoms with Gasteiger partial charge in [0.1, 0.15) is 11.5 Å². The van der Waals surface area contributed by atoms with Gasteiger partial charge in [-0.15, -0.1) is 0 Å². The SMILES string of the molecule is CCc1cc2c(C)c(O)c(O)c(C=O)c2c(O)c1-c1c(CC)cc2c(C)c(O)c(O)c(C=O)c2c1O. The number of fused-ring (bicyclic) bond motifs is 2. The van der Waals surface area contributed by atoms with Crippen LogP contribution in [-0.2, 0) is 12.8 Å². The molecule has 6 N–H and O–H groups in total. The Labute approximate surface area is 206 Å². The number of carbonyl (C=O) groups is 2. The van der Waals surface area contributed by atoms with Crippen molar-refractivity contribution in [2.45, 2.75) is 40.5 Å². The fraction of sp³-hybridized carbons (Fsp3) is 0.214. The van der Waals surface area contributed by atoms with Gasteiger partial charge in [0.05, 0.1) is 11.1 Å². The maximum Gasteiger partial charge on any atom is 0.169 e. The van der Waals surface area contributed by atoms with Gasteiger partial charge in [-0.1, -0.05) is 13.8 Å². The number of rotatable bonds is 5. The predicted molar refractivity (Wildman–Crippen MR) is 136 cm³/mol. The van der Waals surface area contributed by atoms with Crippen molar-refractivity contribution in [2.24, 2.45) is 0 Å². The summed E-state index contributed by atoms with van der Waals surface area (Å²) in [6.07, 6.45) is 1.44. The van der Waals surface area contributed by atoms with Crippen molar-refractivity contribution in [3.63, 3.8) is 0 Å². The minimum Gasteiger partial charge on any atom is -0.507 e. The molecule has 0 unspecified atom stereocenters. The van der Waals surface area contributed by atoms with Crippen molar-refractivity contribution >= 4 is 34.1 Å². The molecular weight excluding hydrogens is 464 g/mol. The molecule has 0 saturated heterocycles. The van der Waals surface area contributed by atoms with E-state index in [-0.39, 0.29) is 55.7 Å². The summed E-state index contributed by atoms with van der Waals surface area (Å²) in [7, 11) is 0. The van der Waals surface area contributed by atoms with Crippen molar-refractivity contribution in [2.75, 3.05) is 0 Å². The Morgan fingerprint density at radius 3 is 1.19 bits per heavy atom. The quantitative estimate of drug-likeness (QED) is 0.163. The van der Waals surface area contributed by atoms with Gasteiger partial charge >= 0.3 is 0 Å². The van der Waals surface area contributed by atoms with Crippen LogP contribution in [0.15, 0.2) is 12.1 Å². The van der Waals surface area contributed by atoms with Gasteiger partial charge in [0.15, 0.2) is 35.6 Å². The molecule has 36 heavy (non-hydrogen) atoms. The first-order valence-electron chi connectivity index (χ1n) is 11.4. The number of phenolic OH excluding ortho intramolecular Hbond substituents is 6. The second-order valence-corrected chi connectivity index (χ2v) is 8.78. The summed E-state index contributed by atoms with van der Waals surface area (Å²) < 4.78 is 0. The molecule has 0 heterocycles. The lowest BCUT2D eigenvalue weighted by atomic mass is 9.84. The molecule has 0 radical (unpaired) electrons.